The van der Waals surface area contributed by atoms with E-state index in [-0.39, 0.29) is 12.6 Å². The van der Waals surface area contributed by atoms with Crippen molar-refractivity contribution in [1.29, 1.82) is 5.26 Å². The average Bonchev–Trinajstić information content (AvgIpc) is 3.13. The highest BCUT2D eigenvalue weighted by molar-refractivity contribution is 7.20. The van der Waals surface area contributed by atoms with E-state index in [1.165, 1.54) is 11.3 Å². The molecule has 0 N–H and O–H groups in total. The number of rotatable bonds is 5. The maximum atomic E-state index is 12.1. The van der Waals surface area contributed by atoms with Gasteiger partial charge in [-0.15, -0.1) is 11.3 Å². The van der Waals surface area contributed by atoms with Gasteiger partial charge in [0.2, 0.25) is 0 Å². The van der Waals surface area contributed by atoms with Gasteiger partial charge in [0, 0.05) is 11.8 Å². The molecule has 0 radical (unpaired) electrons. The number of esters is 1. The molecule has 0 fully saturated rings. The Morgan fingerprint density at radius 1 is 1.39 bits per heavy atom. The Balaban J connectivity index is 1.88. The zero-order chi connectivity index (χ0) is 16.2. The highest BCUT2D eigenvalue weighted by Crippen LogP contribution is 2.30. The third-order valence-electron chi connectivity index (χ3n) is 3.41. The molecular formula is C17H15N3O2S. The minimum atomic E-state index is -0.344. The first kappa shape index (κ1) is 15.3. The Hall–Kier alpha value is -2.65. The van der Waals surface area contributed by atoms with Crippen molar-refractivity contribution in [3.05, 3.63) is 47.0 Å². The lowest BCUT2D eigenvalue weighted by Crippen LogP contribution is -2.04. The number of thiophene rings is 1. The van der Waals surface area contributed by atoms with Crippen LogP contribution in [0.2, 0.25) is 0 Å². The van der Waals surface area contributed by atoms with Crippen LogP contribution in [0.25, 0.3) is 15.9 Å². The number of aromatic nitrogens is 2. The Morgan fingerprint density at radius 3 is 2.91 bits per heavy atom. The fraction of sp³-hybridized carbons (Fsp3) is 0.235. The van der Waals surface area contributed by atoms with Gasteiger partial charge < -0.3 is 4.74 Å². The van der Waals surface area contributed by atoms with Crippen LogP contribution in [0.15, 0.2) is 36.4 Å². The molecule has 0 saturated heterocycles. The van der Waals surface area contributed by atoms with Crippen molar-refractivity contribution < 1.29 is 9.53 Å². The summed E-state index contributed by atoms with van der Waals surface area (Å²) in [7, 11) is 0. The number of para-hydroxylation sites is 1. The number of fused-ring (bicyclic) bond motifs is 1. The Kier molecular flexibility index (Phi) is 4.40. The predicted molar refractivity (Wildman–Crippen MR) is 88.8 cm³/mol. The molecule has 5 nitrogen and oxygen atoms in total. The van der Waals surface area contributed by atoms with Crippen LogP contribution >= 0.6 is 11.3 Å². The van der Waals surface area contributed by atoms with Gasteiger partial charge in [0.15, 0.2) is 0 Å². The molecule has 0 saturated carbocycles. The van der Waals surface area contributed by atoms with Crippen LogP contribution in [0.4, 0.5) is 0 Å². The first-order chi connectivity index (χ1) is 11.2. The van der Waals surface area contributed by atoms with E-state index < -0.39 is 0 Å². The van der Waals surface area contributed by atoms with E-state index in [1.807, 2.05) is 54.1 Å². The van der Waals surface area contributed by atoms with Crippen LogP contribution in [0.1, 0.15) is 28.2 Å². The van der Waals surface area contributed by atoms with Gasteiger partial charge in [-0.05, 0) is 31.5 Å². The molecule has 0 amide bonds. The number of carbonyl (C=O) groups is 1. The minimum Gasteiger partial charge on any atom is -0.461 e. The summed E-state index contributed by atoms with van der Waals surface area (Å²) >= 11 is 1.37. The molecule has 1 aromatic carbocycles. The molecule has 0 spiro atoms. The van der Waals surface area contributed by atoms with E-state index in [9.17, 15) is 4.79 Å². The van der Waals surface area contributed by atoms with Crippen LogP contribution in [-0.2, 0) is 4.74 Å². The maximum absolute atomic E-state index is 12.1. The number of carbonyl (C=O) groups excluding carboxylic acids is 1. The number of nitrogens with zero attached hydrogens (tertiary/aromatic N) is 3. The summed E-state index contributed by atoms with van der Waals surface area (Å²) in [6, 6.07) is 13.7. The normalized spacial score (nSPS) is 10.6. The van der Waals surface area contributed by atoms with E-state index in [2.05, 4.69) is 5.10 Å². The maximum Gasteiger partial charge on any atom is 0.348 e. The molecule has 0 aliphatic carbocycles. The van der Waals surface area contributed by atoms with Crippen molar-refractivity contribution >= 4 is 27.5 Å². The molecular weight excluding hydrogens is 310 g/mol. The summed E-state index contributed by atoms with van der Waals surface area (Å²) in [6.45, 7) is 2.20. The smallest absolute Gasteiger partial charge is 0.348 e. The summed E-state index contributed by atoms with van der Waals surface area (Å²) in [5, 5.41) is 14.0. The van der Waals surface area contributed by atoms with Crippen molar-refractivity contribution in [3.63, 3.8) is 0 Å². The number of aryl methyl sites for hydroxylation is 1. The molecule has 0 aliphatic heterocycles. The van der Waals surface area contributed by atoms with Crippen LogP contribution in [0.5, 0.6) is 0 Å². The van der Waals surface area contributed by atoms with Gasteiger partial charge in [-0.2, -0.15) is 10.4 Å². The van der Waals surface area contributed by atoms with E-state index in [1.54, 1.807) is 0 Å². The summed E-state index contributed by atoms with van der Waals surface area (Å²) < 4.78 is 7.05. The number of benzene rings is 1. The van der Waals surface area contributed by atoms with Crippen molar-refractivity contribution in [3.8, 4) is 11.8 Å². The number of unbranched alkanes of at least 4 members (excludes halogenated alkanes) is 1. The van der Waals surface area contributed by atoms with E-state index in [0.717, 1.165) is 21.6 Å². The Morgan fingerprint density at radius 2 is 2.17 bits per heavy atom. The van der Waals surface area contributed by atoms with Gasteiger partial charge in [0.05, 0.1) is 24.1 Å². The molecule has 2 aromatic heterocycles. The van der Waals surface area contributed by atoms with Gasteiger partial charge in [0.1, 0.15) is 9.71 Å². The fourth-order valence-corrected chi connectivity index (χ4v) is 3.36. The second-order valence-electron chi connectivity index (χ2n) is 5.06. The SMILES string of the molecule is Cc1nn(-c2ccccc2)c2sc(C(=O)OCCCC#N)cc12. The van der Waals surface area contributed by atoms with Crippen LogP contribution in [0.3, 0.4) is 0 Å². The molecule has 6 heteroatoms. The third-order valence-corrected chi connectivity index (χ3v) is 4.50. The largest absolute Gasteiger partial charge is 0.461 e. The van der Waals surface area contributed by atoms with E-state index >= 15 is 0 Å². The lowest BCUT2D eigenvalue weighted by Gasteiger charge is -2.02. The molecule has 116 valence electrons. The summed E-state index contributed by atoms with van der Waals surface area (Å²) in [4.78, 5) is 13.6. The van der Waals surface area contributed by atoms with Crippen LogP contribution < -0.4 is 0 Å². The van der Waals surface area contributed by atoms with E-state index in [0.29, 0.717) is 17.7 Å². The molecule has 23 heavy (non-hydrogen) atoms. The zero-order valence-electron chi connectivity index (χ0n) is 12.7. The second-order valence-corrected chi connectivity index (χ2v) is 6.09. The van der Waals surface area contributed by atoms with E-state index in [4.69, 9.17) is 10.00 Å². The second kappa shape index (κ2) is 6.63. The Labute approximate surface area is 137 Å². The highest BCUT2D eigenvalue weighted by atomic mass is 32.1. The molecule has 2 heterocycles. The summed E-state index contributed by atoms with van der Waals surface area (Å²) in [5.41, 5.74) is 1.84. The van der Waals surface area contributed by atoms with Crippen molar-refractivity contribution in [2.45, 2.75) is 19.8 Å². The Bertz CT molecular complexity index is 875. The van der Waals surface area contributed by atoms with Crippen LogP contribution in [-0.4, -0.2) is 22.4 Å². The van der Waals surface area contributed by atoms with Crippen molar-refractivity contribution in [1.82, 2.24) is 9.78 Å². The lowest BCUT2D eigenvalue weighted by molar-refractivity contribution is 0.0507. The fourth-order valence-electron chi connectivity index (χ4n) is 2.28. The summed E-state index contributed by atoms with van der Waals surface area (Å²) in [6.07, 6.45) is 0.950. The summed E-state index contributed by atoms with van der Waals surface area (Å²) in [5.74, 6) is -0.344. The van der Waals surface area contributed by atoms with Gasteiger partial charge in [0.25, 0.3) is 0 Å². The molecule has 3 aromatic rings. The standard InChI is InChI=1S/C17H15N3O2S/c1-12-14-11-15(17(21)22-10-6-5-9-18)23-16(14)20(19-12)13-7-3-2-4-8-13/h2-4,7-8,11H,5-6,10H2,1H3. The monoisotopic (exact) mass is 325 g/mol. The first-order valence-electron chi connectivity index (χ1n) is 7.29. The quantitative estimate of drug-likeness (QED) is 0.528. The van der Waals surface area contributed by atoms with Crippen LogP contribution in [0, 0.1) is 18.3 Å². The van der Waals surface area contributed by atoms with Gasteiger partial charge in [-0.25, -0.2) is 9.48 Å². The molecule has 0 unspecified atom stereocenters. The zero-order valence-corrected chi connectivity index (χ0v) is 13.5. The molecule has 0 bridgehead atoms. The topological polar surface area (TPSA) is 67.9 Å². The number of nitriles is 1. The number of hydrogen-bond donors (Lipinski definition) is 0. The molecule has 3 rings (SSSR count). The lowest BCUT2D eigenvalue weighted by atomic mass is 10.3. The number of ether oxygens (including phenoxy) is 1. The van der Waals surface area contributed by atoms with Gasteiger partial charge >= 0.3 is 5.97 Å². The third kappa shape index (κ3) is 3.10. The van der Waals surface area contributed by atoms with Gasteiger partial charge in [-0.1, -0.05) is 18.2 Å². The number of hydrogen-bond acceptors (Lipinski definition) is 5. The van der Waals surface area contributed by atoms with Gasteiger partial charge in [-0.3, -0.25) is 0 Å². The van der Waals surface area contributed by atoms with Crippen molar-refractivity contribution in [2.75, 3.05) is 6.61 Å². The molecule has 0 aliphatic rings. The predicted octanol–water partition coefficient (Wildman–Crippen LogP) is 3.86. The molecule has 0 atom stereocenters. The highest BCUT2D eigenvalue weighted by Gasteiger charge is 2.17. The average molecular weight is 325 g/mol. The van der Waals surface area contributed by atoms with Crippen molar-refractivity contribution in [2.24, 2.45) is 0 Å². The minimum absolute atomic E-state index is 0.268. The first-order valence-corrected chi connectivity index (χ1v) is 8.11.